The van der Waals surface area contributed by atoms with Gasteiger partial charge in [0, 0.05) is 24.7 Å². The van der Waals surface area contributed by atoms with Gasteiger partial charge in [0.25, 0.3) is 0 Å². The van der Waals surface area contributed by atoms with Gasteiger partial charge in [-0.1, -0.05) is 6.92 Å². The van der Waals surface area contributed by atoms with Crippen molar-refractivity contribution in [1.82, 2.24) is 5.32 Å². The number of hydrogen-bond donors (Lipinski definition) is 1. The van der Waals surface area contributed by atoms with Crippen molar-refractivity contribution in [2.24, 2.45) is 5.92 Å². The van der Waals surface area contributed by atoms with Crippen LogP contribution in [-0.4, -0.2) is 31.5 Å². The number of nitrogens with zero attached hydrogens (tertiary/aromatic N) is 1. The number of rotatable bonds is 5. The largest absolute Gasteiger partial charge is 0.497 e. The van der Waals surface area contributed by atoms with Gasteiger partial charge in [-0.3, -0.25) is 9.59 Å². The maximum Gasteiger partial charge on any atom is 0.227 e. The van der Waals surface area contributed by atoms with Crippen molar-refractivity contribution < 1.29 is 14.3 Å². The van der Waals surface area contributed by atoms with E-state index in [1.54, 1.807) is 12.0 Å². The highest BCUT2D eigenvalue weighted by atomic mass is 16.5. The van der Waals surface area contributed by atoms with Gasteiger partial charge in [-0.2, -0.15) is 0 Å². The van der Waals surface area contributed by atoms with Crippen molar-refractivity contribution >= 4 is 17.5 Å². The van der Waals surface area contributed by atoms with Crippen LogP contribution in [0.5, 0.6) is 5.75 Å². The van der Waals surface area contributed by atoms with Gasteiger partial charge >= 0.3 is 0 Å². The van der Waals surface area contributed by atoms with Crippen molar-refractivity contribution in [2.75, 3.05) is 18.6 Å². The maximum absolute atomic E-state index is 12.1. The van der Waals surface area contributed by atoms with E-state index in [4.69, 9.17) is 4.74 Å². The van der Waals surface area contributed by atoms with E-state index in [2.05, 4.69) is 5.32 Å². The van der Waals surface area contributed by atoms with E-state index in [-0.39, 0.29) is 30.2 Å². The summed E-state index contributed by atoms with van der Waals surface area (Å²) in [4.78, 5) is 25.9. The number of hydrogen-bond acceptors (Lipinski definition) is 3. The van der Waals surface area contributed by atoms with Crippen molar-refractivity contribution in [3.8, 4) is 5.75 Å². The van der Waals surface area contributed by atoms with Crippen LogP contribution in [0.2, 0.25) is 0 Å². The molecule has 1 fully saturated rings. The minimum Gasteiger partial charge on any atom is -0.497 e. The minimum atomic E-state index is -0.270. The fraction of sp³-hybridized carbons (Fsp3) is 0.500. The fourth-order valence-electron chi connectivity index (χ4n) is 2.36. The number of ether oxygens (including phenoxy) is 1. The van der Waals surface area contributed by atoms with Crippen LogP contribution in [0.25, 0.3) is 0 Å². The molecule has 21 heavy (non-hydrogen) atoms. The Kier molecular flexibility index (Phi) is 4.83. The smallest absolute Gasteiger partial charge is 0.227 e. The lowest BCUT2D eigenvalue weighted by molar-refractivity contribution is -0.126. The van der Waals surface area contributed by atoms with Gasteiger partial charge in [0.1, 0.15) is 5.75 Å². The molecular weight excluding hydrogens is 268 g/mol. The summed E-state index contributed by atoms with van der Waals surface area (Å²) in [7, 11) is 1.60. The number of carbonyl (C=O) groups is 2. The molecule has 1 aromatic carbocycles. The Balaban J connectivity index is 2.03. The highest BCUT2D eigenvalue weighted by Gasteiger charge is 2.35. The summed E-state index contributed by atoms with van der Waals surface area (Å²) in [6.45, 7) is 4.43. The summed E-state index contributed by atoms with van der Waals surface area (Å²) in [5.74, 6) is 0.434. The number of amides is 2. The zero-order valence-electron chi connectivity index (χ0n) is 12.8. The summed E-state index contributed by atoms with van der Waals surface area (Å²) >= 11 is 0. The number of benzene rings is 1. The van der Waals surface area contributed by atoms with E-state index in [1.165, 1.54) is 0 Å². The van der Waals surface area contributed by atoms with Gasteiger partial charge in [-0.25, -0.2) is 0 Å². The van der Waals surface area contributed by atoms with E-state index in [0.717, 1.165) is 17.9 Å². The molecule has 0 aromatic heterocycles. The summed E-state index contributed by atoms with van der Waals surface area (Å²) in [6.07, 6.45) is 1.16. The second-order valence-electron chi connectivity index (χ2n) is 5.42. The lowest BCUT2D eigenvalue weighted by Gasteiger charge is -2.18. The first-order chi connectivity index (χ1) is 10.0. The second kappa shape index (κ2) is 6.61. The third-order valence-corrected chi connectivity index (χ3v) is 3.88. The van der Waals surface area contributed by atoms with Crippen molar-refractivity contribution in [1.29, 1.82) is 0 Å². The summed E-state index contributed by atoms with van der Waals surface area (Å²) < 4.78 is 5.11. The molecule has 0 aliphatic carbocycles. The lowest BCUT2D eigenvalue weighted by Crippen LogP contribution is -2.38. The van der Waals surface area contributed by atoms with Gasteiger partial charge in [-0.05, 0) is 37.6 Å². The fourth-order valence-corrected chi connectivity index (χ4v) is 2.36. The van der Waals surface area contributed by atoms with E-state index < -0.39 is 0 Å². The Bertz CT molecular complexity index is 513. The molecule has 1 aliphatic heterocycles. The van der Waals surface area contributed by atoms with Crippen molar-refractivity contribution in [3.05, 3.63) is 24.3 Å². The Morgan fingerprint density at radius 1 is 1.43 bits per heavy atom. The van der Waals surface area contributed by atoms with Crippen LogP contribution in [0.4, 0.5) is 5.69 Å². The molecule has 0 bridgehead atoms. The van der Waals surface area contributed by atoms with Gasteiger partial charge < -0.3 is 15.0 Å². The standard InChI is InChI=1S/C16H22N2O3/c1-4-11(2)17-16(20)12-9-15(19)18(10-12)13-5-7-14(21-3)8-6-13/h5-8,11-12H,4,9-10H2,1-3H3,(H,17,20)/t11-,12-/m1/s1. The molecule has 2 rings (SSSR count). The minimum absolute atomic E-state index is 0.00975. The normalized spacial score (nSPS) is 19.5. The highest BCUT2D eigenvalue weighted by Crippen LogP contribution is 2.26. The topological polar surface area (TPSA) is 58.6 Å². The monoisotopic (exact) mass is 290 g/mol. The Labute approximate surface area is 125 Å². The SMILES string of the molecule is CC[C@@H](C)NC(=O)[C@@H]1CC(=O)N(c2ccc(OC)cc2)C1. The van der Waals surface area contributed by atoms with Crippen LogP contribution in [-0.2, 0) is 9.59 Å². The Morgan fingerprint density at radius 3 is 2.67 bits per heavy atom. The number of methoxy groups -OCH3 is 1. The van der Waals surface area contributed by atoms with Gasteiger partial charge in [0.15, 0.2) is 0 Å². The lowest BCUT2D eigenvalue weighted by atomic mass is 10.1. The Morgan fingerprint density at radius 2 is 2.10 bits per heavy atom. The molecule has 0 radical (unpaired) electrons. The molecule has 0 unspecified atom stereocenters. The predicted molar refractivity (Wildman–Crippen MR) is 81.3 cm³/mol. The van der Waals surface area contributed by atoms with Crippen molar-refractivity contribution in [3.63, 3.8) is 0 Å². The Hall–Kier alpha value is -2.04. The molecule has 1 N–H and O–H groups in total. The second-order valence-corrected chi connectivity index (χ2v) is 5.42. The molecular formula is C16H22N2O3. The number of nitrogens with one attached hydrogen (secondary N) is 1. The van der Waals surface area contributed by atoms with E-state index >= 15 is 0 Å². The molecule has 2 atom stereocenters. The molecule has 0 saturated carbocycles. The first kappa shape index (κ1) is 15.4. The third-order valence-electron chi connectivity index (χ3n) is 3.88. The third kappa shape index (κ3) is 3.54. The first-order valence-corrected chi connectivity index (χ1v) is 7.30. The van der Waals surface area contributed by atoms with Crippen LogP contribution >= 0.6 is 0 Å². The molecule has 0 spiro atoms. The quantitative estimate of drug-likeness (QED) is 0.902. The zero-order chi connectivity index (χ0) is 15.4. The summed E-state index contributed by atoms with van der Waals surface area (Å²) in [6, 6.07) is 7.45. The van der Waals surface area contributed by atoms with Gasteiger partial charge in [0.2, 0.25) is 11.8 Å². The zero-order valence-corrected chi connectivity index (χ0v) is 12.8. The van der Waals surface area contributed by atoms with Crippen LogP contribution in [0.15, 0.2) is 24.3 Å². The highest BCUT2D eigenvalue weighted by molar-refractivity contribution is 6.00. The average molecular weight is 290 g/mol. The molecule has 114 valence electrons. The molecule has 1 heterocycles. The van der Waals surface area contributed by atoms with Crippen molar-refractivity contribution in [2.45, 2.75) is 32.7 Å². The molecule has 5 nitrogen and oxygen atoms in total. The average Bonchev–Trinajstić information content (AvgIpc) is 2.89. The molecule has 1 saturated heterocycles. The summed E-state index contributed by atoms with van der Waals surface area (Å²) in [5, 5.41) is 2.94. The van der Waals surface area contributed by atoms with E-state index in [9.17, 15) is 9.59 Å². The van der Waals surface area contributed by atoms with Gasteiger partial charge in [-0.15, -0.1) is 0 Å². The summed E-state index contributed by atoms with van der Waals surface area (Å²) in [5.41, 5.74) is 0.805. The first-order valence-electron chi connectivity index (χ1n) is 7.30. The van der Waals surface area contributed by atoms with Crippen LogP contribution in [0, 0.1) is 5.92 Å². The van der Waals surface area contributed by atoms with E-state index in [0.29, 0.717) is 6.54 Å². The van der Waals surface area contributed by atoms with Gasteiger partial charge in [0.05, 0.1) is 13.0 Å². The molecule has 5 heteroatoms. The van der Waals surface area contributed by atoms with Crippen LogP contribution in [0.1, 0.15) is 26.7 Å². The number of carbonyl (C=O) groups excluding carboxylic acids is 2. The van der Waals surface area contributed by atoms with E-state index in [1.807, 2.05) is 38.1 Å². The number of anilines is 1. The predicted octanol–water partition coefficient (Wildman–Crippen LogP) is 1.96. The molecule has 1 aromatic rings. The molecule has 2 amide bonds. The van der Waals surface area contributed by atoms with Crippen LogP contribution in [0.3, 0.4) is 0 Å². The molecule has 1 aliphatic rings. The van der Waals surface area contributed by atoms with Crippen LogP contribution < -0.4 is 15.0 Å². The maximum atomic E-state index is 12.1.